The Bertz CT molecular complexity index is 968. The molecule has 3 rings (SSSR count). The van der Waals surface area contributed by atoms with Crippen LogP contribution in [0.4, 0.5) is 16.5 Å². The highest BCUT2D eigenvalue weighted by molar-refractivity contribution is 8.01. The fourth-order valence-electron chi connectivity index (χ4n) is 2.57. The maximum absolute atomic E-state index is 12.2. The zero-order valence-electron chi connectivity index (χ0n) is 15.8. The first kappa shape index (κ1) is 19.4. The van der Waals surface area contributed by atoms with Gasteiger partial charge in [-0.25, -0.2) is 0 Å². The van der Waals surface area contributed by atoms with Crippen molar-refractivity contribution in [2.75, 3.05) is 16.4 Å². The largest absolute Gasteiger partial charge is 0.330 e. The zero-order valence-corrected chi connectivity index (χ0v) is 17.4. The molecule has 3 aromatic rings. The van der Waals surface area contributed by atoms with E-state index in [-0.39, 0.29) is 5.91 Å². The van der Waals surface area contributed by atoms with E-state index in [1.165, 1.54) is 28.7 Å². The van der Waals surface area contributed by atoms with Crippen molar-refractivity contribution in [1.29, 1.82) is 0 Å². The number of rotatable bonds is 6. The van der Waals surface area contributed by atoms with Crippen LogP contribution < -0.4 is 10.6 Å². The van der Waals surface area contributed by atoms with Gasteiger partial charge in [-0.1, -0.05) is 52.9 Å². The molecule has 0 radical (unpaired) electrons. The number of nitrogens with one attached hydrogen (secondary N) is 2. The molecule has 2 N–H and O–H groups in total. The number of carbonyl (C=O) groups is 1. The minimum Gasteiger partial charge on any atom is -0.330 e. The SMILES string of the molecule is Cc1ccc(Nc2nnc(SCC(=O)Nc3cc(C)ccc3C)s2)c(C)c1. The van der Waals surface area contributed by atoms with E-state index in [0.29, 0.717) is 5.75 Å². The first-order valence-corrected chi connectivity index (χ1v) is 10.4. The van der Waals surface area contributed by atoms with E-state index in [1.54, 1.807) is 0 Å². The van der Waals surface area contributed by atoms with E-state index in [0.717, 1.165) is 37.5 Å². The number of hydrogen-bond donors (Lipinski definition) is 2. The van der Waals surface area contributed by atoms with Gasteiger partial charge in [0.2, 0.25) is 11.0 Å². The van der Waals surface area contributed by atoms with E-state index in [2.05, 4.69) is 46.8 Å². The molecule has 0 aliphatic rings. The van der Waals surface area contributed by atoms with Crippen LogP contribution in [0.15, 0.2) is 40.7 Å². The third-order valence-electron chi connectivity index (χ3n) is 4.02. The van der Waals surface area contributed by atoms with Gasteiger partial charge < -0.3 is 10.6 Å². The Morgan fingerprint density at radius 2 is 1.70 bits per heavy atom. The number of hydrogen-bond acceptors (Lipinski definition) is 6. The molecule has 1 heterocycles. The summed E-state index contributed by atoms with van der Waals surface area (Å²) in [6, 6.07) is 12.2. The molecule has 0 saturated carbocycles. The smallest absolute Gasteiger partial charge is 0.234 e. The molecule has 0 aliphatic heterocycles. The number of anilines is 3. The highest BCUT2D eigenvalue weighted by Crippen LogP contribution is 2.29. The molecular formula is C20H22N4OS2. The van der Waals surface area contributed by atoms with Crippen molar-refractivity contribution in [3.05, 3.63) is 58.7 Å². The summed E-state index contributed by atoms with van der Waals surface area (Å²) in [6.07, 6.45) is 0. The number of aromatic nitrogens is 2. The molecule has 0 spiro atoms. The molecular weight excluding hydrogens is 376 g/mol. The Morgan fingerprint density at radius 3 is 2.48 bits per heavy atom. The Kier molecular flexibility index (Phi) is 6.13. The van der Waals surface area contributed by atoms with Crippen molar-refractivity contribution < 1.29 is 4.79 Å². The fourth-order valence-corrected chi connectivity index (χ4v) is 4.14. The zero-order chi connectivity index (χ0) is 19.4. The van der Waals surface area contributed by atoms with Gasteiger partial charge in [-0.2, -0.15) is 0 Å². The van der Waals surface area contributed by atoms with E-state index >= 15 is 0 Å². The van der Waals surface area contributed by atoms with Crippen LogP contribution in [0, 0.1) is 27.7 Å². The predicted octanol–water partition coefficient (Wildman–Crippen LogP) is 5.25. The van der Waals surface area contributed by atoms with E-state index in [1.807, 2.05) is 38.1 Å². The first-order valence-electron chi connectivity index (χ1n) is 8.58. The van der Waals surface area contributed by atoms with Crippen LogP contribution in [0.5, 0.6) is 0 Å². The second kappa shape index (κ2) is 8.54. The Labute approximate surface area is 167 Å². The second-order valence-corrected chi connectivity index (χ2v) is 8.67. The molecule has 2 aromatic carbocycles. The highest BCUT2D eigenvalue weighted by atomic mass is 32.2. The first-order chi connectivity index (χ1) is 12.9. The average molecular weight is 399 g/mol. The number of carbonyl (C=O) groups excluding carboxylic acids is 1. The molecule has 0 bridgehead atoms. The maximum atomic E-state index is 12.2. The number of aryl methyl sites for hydroxylation is 4. The van der Waals surface area contributed by atoms with Gasteiger partial charge in [0.1, 0.15) is 0 Å². The molecule has 0 saturated heterocycles. The summed E-state index contributed by atoms with van der Waals surface area (Å²) in [5.74, 6) is 0.249. The normalized spacial score (nSPS) is 10.7. The van der Waals surface area contributed by atoms with E-state index in [4.69, 9.17) is 0 Å². The fraction of sp³-hybridized carbons (Fsp3) is 0.250. The molecule has 1 amide bonds. The van der Waals surface area contributed by atoms with Crippen molar-refractivity contribution in [2.24, 2.45) is 0 Å². The molecule has 5 nitrogen and oxygen atoms in total. The molecule has 0 fully saturated rings. The molecule has 0 atom stereocenters. The third kappa shape index (κ3) is 5.30. The number of benzene rings is 2. The Hall–Kier alpha value is -2.38. The van der Waals surface area contributed by atoms with E-state index < -0.39 is 0 Å². The van der Waals surface area contributed by atoms with Crippen molar-refractivity contribution >= 4 is 45.5 Å². The van der Waals surface area contributed by atoms with Crippen LogP contribution in [0.3, 0.4) is 0 Å². The number of amides is 1. The Balaban J connectivity index is 1.56. The maximum Gasteiger partial charge on any atom is 0.234 e. The molecule has 140 valence electrons. The van der Waals surface area contributed by atoms with Gasteiger partial charge in [0, 0.05) is 11.4 Å². The predicted molar refractivity (Wildman–Crippen MR) is 114 cm³/mol. The highest BCUT2D eigenvalue weighted by Gasteiger charge is 2.10. The lowest BCUT2D eigenvalue weighted by molar-refractivity contribution is -0.113. The Morgan fingerprint density at radius 1 is 0.963 bits per heavy atom. The van der Waals surface area contributed by atoms with Crippen LogP contribution in [0.2, 0.25) is 0 Å². The topological polar surface area (TPSA) is 66.9 Å². The standard InChI is InChI=1S/C20H22N4OS2/c1-12-6-8-16(15(4)9-12)22-19-23-24-20(27-19)26-11-18(25)21-17-10-13(2)5-7-14(17)3/h5-10H,11H2,1-4H3,(H,21,25)(H,22,23). The van der Waals surface area contributed by atoms with Gasteiger partial charge in [-0.05, 0) is 56.5 Å². The lowest BCUT2D eigenvalue weighted by Crippen LogP contribution is -2.14. The van der Waals surface area contributed by atoms with Crippen LogP contribution in [-0.2, 0) is 4.79 Å². The number of nitrogens with zero attached hydrogens (tertiary/aromatic N) is 2. The minimum absolute atomic E-state index is 0.0483. The molecule has 7 heteroatoms. The van der Waals surface area contributed by atoms with E-state index in [9.17, 15) is 4.79 Å². The summed E-state index contributed by atoms with van der Waals surface area (Å²) < 4.78 is 0.762. The van der Waals surface area contributed by atoms with Gasteiger partial charge in [0.25, 0.3) is 0 Å². The van der Waals surface area contributed by atoms with Gasteiger partial charge in [0.05, 0.1) is 5.75 Å². The van der Waals surface area contributed by atoms with Crippen LogP contribution in [0.25, 0.3) is 0 Å². The molecule has 0 aliphatic carbocycles. The average Bonchev–Trinajstić information content (AvgIpc) is 3.06. The van der Waals surface area contributed by atoms with Crippen LogP contribution in [0.1, 0.15) is 22.3 Å². The van der Waals surface area contributed by atoms with Gasteiger partial charge >= 0.3 is 0 Å². The summed E-state index contributed by atoms with van der Waals surface area (Å²) in [7, 11) is 0. The van der Waals surface area contributed by atoms with Crippen molar-refractivity contribution in [1.82, 2.24) is 10.2 Å². The molecule has 27 heavy (non-hydrogen) atoms. The lowest BCUT2D eigenvalue weighted by atomic mass is 10.1. The summed E-state index contributed by atoms with van der Waals surface area (Å²) in [5.41, 5.74) is 6.43. The lowest BCUT2D eigenvalue weighted by Gasteiger charge is -2.08. The summed E-state index contributed by atoms with van der Waals surface area (Å²) >= 11 is 2.83. The summed E-state index contributed by atoms with van der Waals surface area (Å²) in [6.45, 7) is 8.12. The van der Waals surface area contributed by atoms with Gasteiger partial charge in [-0.3, -0.25) is 4.79 Å². The van der Waals surface area contributed by atoms with Gasteiger partial charge in [-0.15, -0.1) is 10.2 Å². The molecule has 1 aromatic heterocycles. The monoisotopic (exact) mass is 398 g/mol. The minimum atomic E-state index is -0.0483. The van der Waals surface area contributed by atoms with Gasteiger partial charge in [0.15, 0.2) is 4.34 Å². The van der Waals surface area contributed by atoms with Crippen LogP contribution >= 0.6 is 23.1 Å². The quantitative estimate of drug-likeness (QED) is 0.555. The second-order valence-electron chi connectivity index (χ2n) is 6.47. The summed E-state index contributed by atoms with van der Waals surface area (Å²) in [4.78, 5) is 12.2. The van der Waals surface area contributed by atoms with Crippen LogP contribution in [-0.4, -0.2) is 21.9 Å². The van der Waals surface area contributed by atoms with Crippen molar-refractivity contribution in [3.8, 4) is 0 Å². The number of thioether (sulfide) groups is 1. The third-order valence-corrected chi connectivity index (χ3v) is 6.00. The molecule has 0 unspecified atom stereocenters. The van der Waals surface area contributed by atoms with Crippen molar-refractivity contribution in [2.45, 2.75) is 32.0 Å². The summed E-state index contributed by atoms with van der Waals surface area (Å²) in [5, 5.41) is 15.3. The van der Waals surface area contributed by atoms with Crippen molar-refractivity contribution in [3.63, 3.8) is 0 Å².